The molecule has 0 aromatic heterocycles. The molecule has 1 N–H and O–H groups in total. The Kier molecular flexibility index (Phi) is 3.71. The zero-order chi connectivity index (χ0) is 9.84. The van der Waals surface area contributed by atoms with Crippen LogP contribution in [0, 0.1) is 0 Å². The van der Waals surface area contributed by atoms with Gasteiger partial charge in [0.2, 0.25) is 0 Å². The lowest BCUT2D eigenvalue weighted by molar-refractivity contribution is 0.561. The Morgan fingerprint density at radius 1 is 1.62 bits per heavy atom. The maximum absolute atomic E-state index is 10.9. The first kappa shape index (κ1) is 10.5. The monoisotopic (exact) mass is 214 g/mol. The highest BCUT2D eigenvalue weighted by atomic mass is 32.2. The van der Waals surface area contributed by atoms with Gasteiger partial charge in [-0.25, -0.2) is 4.21 Å². The summed E-state index contributed by atoms with van der Waals surface area (Å²) in [6, 6.07) is 5.29. The molecule has 0 amide bonds. The smallest absolute Gasteiger partial charge is 0.187 e. The lowest BCUT2D eigenvalue weighted by Crippen LogP contribution is -1.96. The standard InChI is InChI=1S/C9H10O2S2/c1-2-4-7-5-3-6-8(12)9(7)13(10)11/h2-3,5-6,12H,1,4H2,(H,10,11). The van der Waals surface area contributed by atoms with Crippen molar-refractivity contribution in [1.82, 2.24) is 0 Å². The van der Waals surface area contributed by atoms with Gasteiger partial charge >= 0.3 is 0 Å². The molecule has 2 nitrogen and oxygen atoms in total. The van der Waals surface area contributed by atoms with Crippen LogP contribution in [0.2, 0.25) is 0 Å². The van der Waals surface area contributed by atoms with Gasteiger partial charge in [-0.2, -0.15) is 0 Å². The highest BCUT2D eigenvalue weighted by Gasteiger charge is 2.09. The quantitative estimate of drug-likeness (QED) is 0.460. The average molecular weight is 214 g/mol. The van der Waals surface area contributed by atoms with Gasteiger partial charge in [0, 0.05) is 4.90 Å². The Labute approximate surface area is 85.4 Å². The van der Waals surface area contributed by atoms with Crippen LogP contribution in [0.25, 0.3) is 0 Å². The summed E-state index contributed by atoms with van der Waals surface area (Å²) < 4.78 is 19.9. The van der Waals surface area contributed by atoms with E-state index in [-0.39, 0.29) is 0 Å². The van der Waals surface area contributed by atoms with E-state index < -0.39 is 11.1 Å². The number of allylic oxidation sites excluding steroid dienone is 1. The Morgan fingerprint density at radius 2 is 2.31 bits per heavy atom. The van der Waals surface area contributed by atoms with Crippen LogP contribution in [-0.4, -0.2) is 8.76 Å². The predicted octanol–water partition coefficient (Wildman–Crippen LogP) is 2.28. The molecule has 1 unspecified atom stereocenters. The van der Waals surface area contributed by atoms with E-state index in [9.17, 15) is 4.21 Å². The van der Waals surface area contributed by atoms with E-state index in [4.69, 9.17) is 4.55 Å². The fourth-order valence-electron chi connectivity index (χ4n) is 1.09. The Bertz CT molecular complexity index is 347. The first-order chi connectivity index (χ1) is 6.16. The lowest BCUT2D eigenvalue weighted by Gasteiger charge is -2.05. The average Bonchev–Trinajstić information content (AvgIpc) is 2.04. The molecule has 0 aliphatic rings. The van der Waals surface area contributed by atoms with E-state index >= 15 is 0 Å². The van der Waals surface area contributed by atoms with Crippen LogP contribution in [-0.2, 0) is 17.5 Å². The number of thiol groups is 1. The maximum atomic E-state index is 10.9. The van der Waals surface area contributed by atoms with Crippen molar-refractivity contribution in [2.75, 3.05) is 0 Å². The van der Waals surface area contributed by atoms with Crippen LogP contribution in [0.5, 0.6) is 0 Å². The summed E-state index contributed by atoms with van der Waals surface area (Å²) in [4.78, 5) is 0.922. The molecule has 0 radical (unpaired) electrons. The van der Waals surface area contributed by atoms with E-state index in [2.05, 4.69) is 19.2 Å². The van der Waals surface area contributed by atoms with Gasteiger partial charge in [0.15, 0.2) is 11.1 Å². The van der Waals surface area contributed by atoms with Crippen molar-refractivity contribution in [3.05, 3.63) is 36.4 Å². The van der Waals surface area contributed by atoms with Crippen LogP contribution in [0.15, 0.2) is 40.6 Å². The van der Waals surface area contributed by atoms with Gasteiger partial charge in [0.1, 0.15) is 0 Å². The summed E-state index contributed by atoms with van der Waals surface area (Å²) in [7, 11) is 0. The summed E-state index contributed by atoms with van der Waals surface area (Å²) in [6.45, 7) is 3.58. The molecule has 0 aliphatic heterocycles. The summed E-state index contributed by atoms with van der Waals surface area (Å²) in [5.74, 6) is 0. The molecular weight excluding hydrogens is 204 g/mol. The van der Waals surface area contributed by atoms with Crippen molar-refractivity contribution in [2.24, 2.45) is 0 Å². The second kappa shape index (κ2) is 4.60. The molecule has 0 saturated heterocycles. The fraction of sp³-hybridized carbons (Fsp3) is 0.111. The molecule has 0 spiro atoms. The second-order valence-electron chi connectivity index (χ2n) is 2.51. The van der Waals surface area contributed by atoms with Gasteiger partial charge in [0.05, 0.1) is 4.90 Å². The van der Waals surface area contributed by atoms with Gasteiger partial charge < -0.3 is 4.55 Å². The molecule has 1 rings (SSSR count). The highest BCUT2D eigenvalue weighted by molar-refractivity contribution is 7.83. The highest BCUT2D eigenvalue weighted by Crippen LogP contribution is 2.21. The minimum absolute atomic E-state index is 0.380. The Hall–Kier alpha value is -0.580. The first-order valence-electron chi connectivity index (χ1n) is 3.69. The van der Waals surface area contributed by atoms with Crippen LogP contribution >= 0.6 is 12.6 Å². The van der Waals surface area contributed by atoms with E-state index in [1.54, 1.807) is 24.3 Å². The summed E-state index contributed by atoms with van der Waals surface area (Å²) >= 11 is 2.13. The summed E-state index contributed by atoms with van der Waals surface area (Å²) in [5, 5.41) is 0. The zero-order valence-electron chi connectivity index (χ0n) is 6.93. The maximum Gasteiger partial charge on any atom is 0.187 e. The molecule has 70 valence electrons. The number of rotatable bonds is 3. The topological polar surface area (TPSA) is 37.3 Å². The number of hydrogen-bond acceptors (Lipinski definition) is 2. The molecule has 0 aliphatic carbocycles. The van der Waals surface area contributed by atoms with Gasteiger partial charge in [-0.05, 0) is 18.1 Å². The third-order valence-electron chi connectivity index (χ3n) is 1.61. The number of benzene rings is 1. The van der Waals surface area contributed by atoms with Gasteiger partial charge in [-0.15, -0.1) is 19.2 Å². The third-order valence-corrected chi connectivity index (χ3v) is 2.97. The molecular formula is C9H10O2S2. The second-order valence-corrected chi connectivity index (χ2v) is 3.90. The molecule has 1 aromatic carbocycles. The molecule has 1 atom stereocenters. The van der Waals surface area contributed by atoms with E-state index in [1.165, 1.54) is 0 Å². The largest absolute Gasteiger partial charge is 0.302 e. The van der Waals surface area contributed by atoms with Gasteiger partial charge in [0.25, 0.3) is 0 Å². The summed E-state index contributed by atoms with van der Waals surface area (Å²) in [6.07, 6.45) is 2.27. The van der Waals surface area contributed by atoms with Crippen LogP contribution in [0.3, 0.4) is 0 Å². The van der Waals surface area contributed by atoms with Crippen molar-refractivity contribution in [1.29, 1.82) is 0 Å². The lowest BCUT2D eigenvalue weighted by atomic mass is 10.1. The molecule has 0 saturated carbocycles. The minimum Gasteiger partial charge on any atom is -0.302 e. The van der Waals surface area contributed by atoms with Crippen molar-refractivity contribution >= 4 is 23.7 Å². The zero-order valence-corrected chi connectivity index (χ0v) is 8.65. The van der Waals surface area contributed by atoms with E-state index in [0.717, 1.165) is 5.56 Å². The van der Waals surface area contributed by atoms with Crippen molar-refractivity contribution in [3.63, 3.8) is 0 Å². The first-order valence-corrected chi connectivity index (χ1v) is 5.24. The van der Waals surface area contributed by atoms with Crippen molar-refractivity contribution in [2.45, 2.75) is 16.2 Å². The molecule has 4 heteroatoms. The van der Waals surface area contributed by atoms with Crippen LogP contribution < -0.4 is 0 Å². The van der Waals surface area contributed by atoms with Crippen molar-refractivity contribution in [3.8, 4) is 0 Å². The minimum atomic E-state index is -1.98. The molecule has 0 bridgehead atoms. The molecule has 1 aromatic rings. The van der Waals surface area contributed by atoms with E-state index in [1.807, 2.05) is 0 Å². The molecule has 0 heterocycles. The van der Waals surface area contributed by atoms with Gasteiger partial charge in [-0.3, -0.25) is 0 Å². The molecule has 0 fully saturated rings. The normalized spacial score (nSPS) is 12.5. The fourth-order valence-corrected chi connectivity index (χ4v) is 2.18. The summed E-state index contributed by atoms with van der Waals surface area (Å²) in [5.41, 5.74) is 0.795. The van der Waals surface area contributed by atoms with Gasteiger partial charge in [-0.1, -0.05) is 18.2 Å². The SMILES string of the molecule is C=CCc1cccc(S)c1S(=O)O. The Morgan fingerprint density at radius 3 is 2.85 bits per heavy atom. The van der Waals surface area contributed by atoms with Crippen LogP contribution in [0.1, 0.15) is 5.56 Å². The van der Waals surface area contributed by atoms with Crippen molar-refractivity contribution < 1.29 is 8.76 Å². The Balaban J connectivity index is 3.25. The predicted molar refractivity (Wildman–Crippen MR) is 56.6 cm³/mol. The number of hydrogen-bond donors (Lipinski definition) is 2. The third kappa shape index (κ3) is 2.43. The van der Waals surface area contributed by atoms with Crippen LogP contribution in [0.4, 0.5) is 0 Å². The van der Waals surface area contributed by atoms with E-state index in [0.29, 0.717) is 16.2 Å². The molecule has 13 heavy (non-hydrogen) atoms.